The van der Waals surface area contributed by atoms with Gasteiger partial charge in [-0.1, -0.05) is 12.1 Å². The highest BCUT2D eigenvalue weighted by Crippen LogP contribution is 2.08. The standard InChI is InChI=1S/C16H16N6O3/c1-10-13(15(24)21-16(25)20-10)6-14(23)18-7-11-2-4-12(5-3-11)22-9-17-8-19-22/h2-5,8-9H,6-7H2,1H3,(H,18,23)(H2,20,21,24,25). The number of rotatable bonds is 5. The molecule has 128 valence electrons. The van der Waals surface area contributed by atoms with Crippen molar-refractivity contribution in [1.82, 2.24) is 30.0 Å². The molecule has 0 bridgehead atoms. The van der Waals surface area contributed by atoms with Gasteiger partial charge in [-0.15, -0.1) is 0 Å². The Kier molecular flexibility index (Phi) is 4.55. The van der Waals surface area contributed by atoms with Gasteiger partial charge in [-0.25, -0.2) is 14.5 Å². The van der Waals surface area contributed by atoms with Gasteiger partial charge in [-0.3, -0.25) is 14.6 Å². The van der Waals surface area contributed by atoms with Gasteiger partial charge in [-0.2, -0.15) is 5.10 Å². The number of hydrogen-bond acceptors (Lipinski definition) is 5. The van der Waals surface area contributed by atoms with Crippen molar-refractivity contribution in [2.75, 3.05) is 0 Å². The number of carbonyl (C=O) groups excluding carboxylic acids is 1. The van der Waals surface area contributed by atoms with Crippen LogP contribution < -0.4 is 16.6 Å². The first-order valence-corrected chi connectivity index (χ1v) is 7.55. The van der Waals surface area contributed by atoms with Crippen molar-refractivity contribution in [3.8, 4) is 5.69 Å². The molecule has 1 amide bonds. The van der Waals surface area contributed by atoms with Crippen molar-refractivity contribution < 1.29 is 4.79 Å². The molecule has 3 N–H and O–H groups in total. The number of amides is 1. The van der Waals surface area contributed by atoms with Gasteiger partial charge in [0.25, 0.3) is 5.56 Å². The quantitative estimate of drug-likeness (QED) is 0.594. The van der Waals surface area contributed by atoms with Crippen LogP contribution >= 0.6 is 0 Å². The molecule has 2 aromatic heterocycles. The minimum atomic E-state index is -0.584. The molecule has 0 fully saturated rings. The molecule has 0 saturated carbocycles. The van der Waals surface area contributed by atoms with Crippen LogP contribution in [-0.2, 0) is 17.8 Å². The van der Waals surface area contributed by atoms with Crippen molar-refractivity contribution in [2.24, 2.45) is 0 Å². The van der Waals surface area contributed by atoms with Crippen molar-refractivity contribution in [1.29, 1.82) is 0 Å². The van der Waals surface area contributed by atoms with Crippen molar-refractivity contribution in [3.63, 3.8) is 0 Å². The molecular formula is C16H16N6O3. The minimum absolute atomic E-state index is 0.102. The van der Waals surface area contributed by atoms with E-state index in [1.165, 1.54) is 6.33 Å². The fourth-order valence-corrected chi connectivity index (χ4v) is 2.37. The summed E-state index contributed by atoms with van der Waals surface area (Å²) in [6.45, 7) is 1.92. The van der Waals surface area contributed by atoms with E-state index in [-0.39, 0.29) is 17.9 Å². The third-order valence-electron chi connectivity index (χ3n) is 3.70. The van der Waals surface area contributed by atoms with Crippen LogP contribution in [0.15, 0.2) is 46.5 Å². The summed E-state index contributed by atoms with van der Waals surface area (Å²) in [5, 5.41) is 6.79. The van der Waals surface area contributed by atoms with Crippen molar-refractivity contribution in [2.45, 2.75) is 19.9 Å². The molecular weight excluding hydrogens is 324 g/mol. The zero-order valence-corrected chi connectivity index (χ0v) is 13.4. The molecule has 9 heteroatoms. The largest absolute Gasteiger partial charge is 0.352 e. The third-order valence-corrected chi connectivity index (χ3v) is 3.70. The maximum Gasteiger partial charge on any atom is 0.325 e. The van der Waals surface area contributed by atoms with E-state index < -0.39 is 11.2 Å². The Bertz CT molecular complexity index is 986. The SMILES string of the molecule is Cc1[nH]c(=O)[nH]c(=O)c1CC(=O)NCc1ccc(-n2cncn2)cc1. The smallest absolute Gasteiger partial charge is 0.325 e. The molecule has 3 aromatic rings. The highest BCUT2D eigenvalue weighted by Gasteiger charge is 2.11. The van der Waals surface area contributed by atoms with Crippen LogP contribution in [0.5, 0.6) is 0 Å². The van der Waals surface area contributed by atoms with E-state index in [0.29, 0.717) is 12.2 Å². The molecule has 0 aliphatic heterocycles. The summed E-state index contributed by atoms with van der Waals surface area (Å²) < 4.78 is 1.63. The summed E-state index contributed by atoms with van der Waals surface area (Å²) in [5.41, 5.74) is 1.28. The van der Waals surface area contributed by atoms with E-state index in [4.69, 9.17) is 0 Å². The van der Waals surface area contributed by atoms with Crippen LogP contribution in [0.1, 0.15) is 16.8 Å². The Labute approximate surface area is 141 Å². The van der Waals surface area contributed by atoms with Crippen molar-refractivity contribution >= 4 is 5.91 Å². The molecule has 3 rings (SSSR count). The lowest BCUT2D eigenvalue weighted by molar-refractivity contribution is -0.120. The van der Waals surface area contributed by atoms with Crippen molar-refractivity contribution in [3.05, 3.63) is 74.6 Å². The van der Waals surface area contributed by atoms with Gasteiger partial charge in [-0.05, 0) is 24.6 Å². The molecule has 9 nitrogen and oxygen atoms in total. The first kappa shape index (κ1) is 16.4. The fourth-order valence-electron chi connectivity index (χ4n) is 2.37. The molecule has 0 atom stereocenters. The first-order chi connectivity index (χ1) is 12.0. The molecule has 2 heterocycles. The zero-order valence-electron chi connectivity index (χ0n) is 13.4. The van der Waals surface area contributed by atoms with Gasteiger partial charge in [0.2, 0.25) is 5.91 Å². The van der Waals surface area contributed by atoms with E-state index in [1.807, 2.05) is 24.3 Å². The number of H-pyrrole nitrogens is 2. The van der Waals surface area contributed by atoms with Gasteiger partial charge < -0.3 is 10.3 Å². The Morgan fingerprint density at radius 3 is 2.60 bits per heavy atom. The Balaban J connectivity index is 1.61. The number of aromatic nitrogens is 5. The number of aromatic amines is 2. The molecule has 25 heavy (non-hydrogen) atoms. The maximum atomic E-state index is 12.1. The summed E-state index contributed by atoms with van der Waals surface area (Å²) in [6, 6.07) is 7.48. The highest BCUT2D eigenvalue weighted by atomic mass is 16.2. The third kappa shape index (κ3) is 3.89. The minimum Gasteiger partial charge on any atom is -0.352 e. The number of nitrogens with one attached hydrogen (secondary N) is 3. The second-order valence-electron chi connectivity index (χ2n) is 5.47. The van der Waals surface area contributed by atoms with Gasteiger partial charge in [0.1, 0.15) is 12.7 Å². The molecule has 0 aliphatic rings. The normalized spacial score (nSPS) is 10.6. The number of carbonyl (C=O) groups is 1. The second kappa shape index (κ2) is 6.95. The van der Waals surface area contributed by atoms with Crippen LogP contribution in [0.25, 0.3) is 5.69 Å². The summed E-state index contributed by atoms with van der Waals surface area (Å²) in [6.07, 6.45) is 2.95. The van der Waals surface area contributed by atoms with Crippen LogP contribution in [-0.4, -0.2) is 30.6 Å². The average molecular weight is 340 g/mol. The van der Waals surface area contributed by atoms with E-state index in [1.54, 1.807) is 17.9 Å². The highest BCUT2D eigenvalue weighted by molar-refractivity contribution is 5.78. The van der Waals surface area contributed by atoms with E-state index in [2.05, 4.69) is 25.4 Å². The van der Waals surface area contributed by atoms with Crippen LogP contribution in [0, 0.1) is 6.92 Å². The molecule has 0 radical (unpaired) electrons. The monoisotopic (exact) mass is 340 g/mol. The number of aryl methyl sites for hydroxylation is 1. The van der Waals surface area contributed by atoms with Crippen LogP contribution in [0.4, 0.5) is 0 Å². The number of nitrogens with zero attached hydrogens (tertiary/aromatic N) is 3. The number of benzene rings is 1. The average Bonchev–Trinajstić information content (AvgIpc) is 3.11. The first-order valence-electron chi connectivity index (χ1n) is 7.55. The van der Waals surface area contributed by atoms with E-state index in [9.17, 15) is 14.4 Å². The summed E-state index contributed by atoms with van der Waals surface area (Å²) in [4.78, 5) is 43.4. The predicted molar refractivity (Wildman–Crippen MR) is 89.3 cm³/mol. The lowest BCUT2D eigenvalue weighted by Gasteiger charge is -2.07. The molecule has 0 saturated heterocycles. The van der Waals surface area contributed by atoms with Gasteiger partial charge in [0, 0.05) is 17.8 Å². The molecule has 1 aromatic carbocycles. The summed E-state index contributed by atoms with van der Waals surface area (Å²) in [7, 11) is 0. The molecule has 0 aliphatic carbocycles. The van der Waals surface area contributed by atoms with E-state index in [0.717, 1.165) is 11.3 Å². The molecule has 0 unspecified atom stereocenters. The lowest BCUT2D eigenvalue weighted by Crippen LogP contribution is -2.32. The topological polar surface area (TPSA) is 126 Å². The predicted octanol–water partition coefficient (Wildman–Crippen LogP) is -0.189. The summed E-state index contributed by atoms with van der Waals surface area (Å²) in [5.74, 6) is -0.305. The molecule has 0 spiro atoms. The lowest BCUT2D eigenvalue weighted by atomic mass is 10.1. The van der Waals surface area contributed by atoms with E-state index >= 15 is 0 Å². The maximum absolute atomic E-state index is 12.1. The Morgan fingerprint density at radius 1 is 1.20 bits per heavy atom. The Morgan fingerprint density at radius 2 is 1.96 bits per heavy atom. The van der Waals surface area contributed by atoms with Crippen LogP contribution in [0.2, 0.25) is 0 Å². The van der Waals surface area contributed by atoms with Gasteiger partial charge in [0.15, 0.2) is 0 Å². The summed E-state index contributed by atoms with van der Waals surface area (Å²) >= 11 is 0. The Hall–Kier alpha value is -3.49. The van der Waals surface area contributed by atoms with Gasteiger partial charge in [0.05, 0.1) is 12.1 Å². The van der Waals surface area contributed by atoms with Gasteiger partial charge >= 0.3 is 5.69 Å². The zero-order chi connectivity index (χ0) is 17.8. The second-order valence-corrected chi connectivity index (χ2v) is 5.47. The number of hydrogen-bond donors (Lipinski definition) is 3. The fraction of sp³-hybridized carbons (Fsp3) is 0.188. The van der Waals surface area contributed by atoms with Crippen LogP contribution in [0.3, 0.4) is 0 Å².